The average molecular weight is 565 g/mol. The Morgan fingerprint density at radius 1 is 1.22 bits per heavy atom. The third-order valence-electron chi connectivity index (χ3n) is 5.05. The van der Waals surface area contributed by atoms with E-state index in [1.807, 2.05) is 32.9 Å². The summed E-state index contributed by atoms with van der Waals surface area (Å²) in [7, 11) is 1.65. The number of guanidine groups is 1. The van der Waals surface area contributed by atoms with E-state index in [-0.39, 0.29) is 24.0 Å². The van der Waals surface area contributed by atoms with Crippen LogP contribution in [0.3, 0.4) is 0 Å². The van der Waals surface area contributed by atoms with Gasteiger partial charge in [-0.1, -0.05) is 6.07 Å². The summed E-state index contributed by atoms with van der Waals surface area (Å²) in [6.45, 7) is 12.1. The van der Waals surface area contributed by atoms with Crippen molar-refractivity contribution >= 4 is 29.9 Å². The van der Waals surface area contributed by atoms with Crippen LogP contribution >= 0.6 is 24.0 Å². The molecule has 3 N–H and O–H groups in total. The molecular formula is C23H41IN4O4. The SMILES string of the molecule is CCNC(=NCC(C)(O)CN1CCOCC1)NCCCc1ccc(OC)c(OCC)c1.I. The zero-order valence-electron chi connectivity index (χ0n) is 20.0. The van der Waals surface area contributed by atoms with Crippen LogP contribution in [0.15, 0.2) is 23.2 Å². The summed E-state index contributed by atoms with van der Waals surface area (Å²) in [5, 5.41) is 17.4. The van der Waals surface area contributed by atoms with Crippen LogP contribution < -0.4 is 20.1 Å². The Bertz CT molecular complexity index is 682. The molecule has 8 nitrogen and oxygen atoms in total. The Hall–Kier alpha value is -1.30. The van der Waals surface area contributed by atoms with Crippen LogP contribution in [0, 0.1) is 0 Å². The second-order valence-corrected chi connectivity index (χ2v) is 8.03. The van der Waals surface area contributed by atoms with E-state index < -0.39 is 5.60 Å². The molecule has 0 bridgehead atoms. The molecule has 1 aromatic rings. The van der Waals surface area contributed by atoms with Crippen LogP contribution in [0.25, 0.3) is 0 Å². The normalized spacial score (nSPS) is 16.6. The van der Waals surface area contributed by atoms with E-state index >= 15 is 0 Å². The number of aliphatic imine (C=N–C) groups is 1. The Labute approximate surface area is 210 Å². The van der Waals surface area contributed by atoms with Gasteiger partial charge >= 0.3 is 0 Å². The molecule has 0 aliphatic carbocycles. The number of hydrogen-bond donors (Lipinski definition) is 3. The molecule has 1 aromatic carbocycles. The van der Waals surface area contributed by atoms with Crippen LogP contribution in [0.4, 0.5) is 0 Å². The second-order valence-electron chi connectivity index (χ2n) is 8.03. The molecule has 1 unspecified atom stereocenters. The minimum atomic E-state index is -0.877. The average Bonchev–Trinajstić information content (AvgIpc) is 2.76. The summed E-state index contributed by atoms with van der Waals surface area (Å²) in [5.74, 6) is 2.27. The first-order valence-electron chi connectivity index (χ1n) is 11.3. The molecule has 1 aliphatic rings. The summed E-state index contributed by atoms with van der Waals surface area (Å²) in [4.78, 5) is 6.83. The molecule has 0 aromatic heterocycles. The van der Waals surface area contributed by atoms with Gasteiger partial charge in [-0.15, -0.1) is 24.0 Å². The van der Waals surface area contributed by atoms with Crippen LogP contribution in [0.5, 0.6) is 11.5 Å². The van der Waals surface area contributed by atoms with Gasteiger partial charge in [0.25, 0.3) is 0 Å². The number of ether oxygens (including phenoxy) is 3. The monoisotopic (exact) mass is 564 g/mol. The Kier molecular flexibility index (Phi) is 13.9. The molecule has 1 saturated heterocycles. The maximum atomic E-state index is 10.7. The molecule has 0 amide bonds. The van der Waals surface area contributed by atoms with E-state index in [0.717, 1.165) is 69.7 Å². The molecule has 1 aliphatic heterocycles. The van der Waals surface area contributed by atoms with Gasteiger partial charge in [0.15, 0.2) is 17.5 Å². The van der Waals surface area contributed by atoms with Crippen molar-refractivity contribution in [2.24, 2.45) is 4.99 Å². The summed E-state index contributed by atoms with van der Waals surface area (Å²) in [6.07, 6.45) is 1.87. The summed E-state index contributed by atoms with van der Waals surface area (Å²) < 4.78 is 16.4. The van der Waals surface area contributed by atoms with E-state index in [9.17, 15) is 5.11 Å². The Morgan fingerprint density at radius 2 is 1.97 bits per heavy atom. The van der Waals surface area contributed by atoms with Gasteiger partial charge in [-0.2, -0.15) is 0 Å². The minimum absolute atomic E-state index is 0. The highest BCUT2D eigenvalue weighted by Gasteiger charge is 2.25. The van der Waals surface area contributed by atoms with E-state index in [1.54, 1.807) is 7.11 Å². The van der Waals surface area contributed by atoms with Crippen molar-refractivity contribution in [1.29, 1.82) is 0 Å². The molecule has 0 saturated carbocycles. The molecule has 9 heteroatoms. The first-order valence-corrected chi connectivity index (χ1v) is 11.3. The summed E-state index contributed by atoms with van der Waals surface area (Å²) in [5.41, 5.74) is 0.333. The zero-order chi connectivity index (χ0) is 22.5. The van der Waals surface area contributed by atoms with Crippen LogP contribution in [-0.4, -0.2) is 87.8 Å². The van der Waals surface area contributed by atoms with Gasteiger partial charge in [-0.25, -0.2) is 0 Å². The van der Waals surface area contributed by atoms with Gasteiger partial charge < -0.3 is 30.0 Å². The second kappa shape index (κ2) is 15.5. The fraction of sp³-hybridized carbons (Fsp3) is 0.696. The quantitative estimate of drug-likeness (QED) is 0.156. The number of aryl methyl sites for hydroxylation is 1. The molecule has 184 valence electrons. The molecular weight excluding hydrogens is 523 g/mol. The van der Waals surface area contributed by atoms with Gasteiger partial charge in [0.05, 0.1) is 39.1 Å². The molecule has 1 heterocycles. The summed E-state index contributed by atoms with van der Waals surface area (Å²) in [6, 6.07) is 6.07. The fourth-order valence-electron chi connectivity index (χ4n) is 3.53. The smallest absolute Gasteiger partial charge is 0.191 e. The van der Waals surface area contributed by atoms with E-state index in [1.165, 1.54) is 5.56 Å². The molecule has 0 spiro atoms. The number of benzene rings is 1. The fourth-order valence-corrected chi connectivity index (χ4v) is 3.53. The third kappa shape index (κ3) is 10.5. The van der Waals surface area contributed by atoms with Crippen LogP contribution in [-0.2, 0) is 11.2 Å². The first kappa shape index (κ1) is 28.7. The zero-order valence-corrected chi connectivity index (χ0v) is 22.3. The third-order valence-corrected chi connectivity index (χ3v) is 5.05. The maximum Gasteiger partial charge on any atom is 0.191 e. The summed E-state index contributed by atoms with van der Waals surface area (Å²) >= 11 is 0. The predicted molar refractivity (Wildman–Crippen MR) is 140 cm³/mol. The van der Waals surface area contributed by atoms with Gasteiger partial charge in [0.1, 0.15) is 0 Å². The molecule has 1 atom stereocenters. The van der Waals surface area contributed by atoms with Crippen LogP contribution in [0.1, 0.15) is 32.8 Å². The number of halogens is 1. The van der Waals surface area contributed by atoms with Gasteiger partial charge in [-0.3, -0.25) is 9.89 Å². The molecule has 1 fully saturated rings. The van der Waals surface area contributed by atoms with Crippen molar-refractivity contribution in [2.75, 3.05) is 66.2 Å². The first-order chi connectivity index (χ1) is 15.0. The van der Waals surface area contributed by atoms with Crippen molar-refractivity contribution in [1.82, 2.24) is 15.5 Å². The van der Waals surface area contributed by atoms with Crippen molar-refractivity contribution < 1.29 is 19.3 Å². The maximum absolute atomic E-state index is 10.7. The van der Waals surface area contributed by atoms with Crippen molar-refractivity contribution in [3.8, 4) is 11.5 Å². The molecule has 2 rings (SSSR count). The molecule has 32 heavy (non-hydrogen) atoms. The highest BCUT2D eigenvalue weighted by molar-refractivity contribution is 14.0. The van der Waals surface area contributed by atoms with Crippen molar-refractivity contribution in [2.45, 2.75) is 39.2 Å². The lowest BCUT2D eigenvalue weighted by atomic mass is 10.1. The minimum Gasteiger partial charge on any atom is -0.493 e. The van der Waals surface area contributed by atoms with E-state index in [2.05, 4.69) is 26.6 Å². The number of β-amino-alcohol motifs (C(OH)–C–C–N with tert-alkyl or cyclic N) is 1. The lowest BCUT2D eigenvalue weighted by Gasteiger charge is -2.33. The van der Waals surface area contributed by atoms with Crippen molar-refractivity contribution in [3.05, 3.63) is 23.8 Å². The number of rotatable bonds is 12. The topological polar surface area (TPSA) is 87.6 Å². The van der Waals surface area contributed by atoms with E-state index in [4.69, 9.17) is 14.2 Å². The predicted octanol–water partition coefficient (Wildman–Crippen LogP) is 2.28. The number of nitrogens with zero attached hydrogens (tertiary/aromatic N) is 2. The van der Waals surface area contributed by atoms with Gasteiger partial charge in [0, 0.05) is 32.7 Å². The number of nitrogens with one attached hydrogen (secondary N) is 2. The van der Waals surface area contributed by atoms with Crippen LogP contribution in [0.2, 0.25) is 0 Å². The lowest BCUT2D eigenvalue weighted by Crippen LogP contribution is -2.48. The Balaban J connectivity index is 0.00000512. The number of hydrogen-bond acceptors (Lipinski definition) is 6. The molecule has 0 radical (unpaired) electrons. The lowest BCUT2D eigenvalue weighted by molar-refractivity contribution is -0.0179. The number of morpholine rings is 1. The Morgan fingerprint density at radius 3 is 2.62 bits per heavy atom. The van der Waals surface area contributed by atoms with Crippen molar-refractivity contribution in [3.63, 3.8) is 0 Å². The van der Waals surface area contributed by atoms with E-state index in [0.29, 0.717) is 19.7 Å². The standard InChI is InChI=1S/C23H40N4O4.HI/c1-5-24-22(26-17-23(3,28)18-27-12-14-30-15-13-27)25-11-7-8-19-9-10-20(29-4)21(16-19)31-6-2;/h9-10,16,28H,5-8,11-15,17-18H2,1-4H3,(H2,24,25,26);1H. The number of aliphatic hydroxyl groups is 1. The van der Waals surface area contributed by atoms with Gasteiger partial charge in [0.2, 0.25) is 0 Å². The highest BCUT2D eigenvalue weighted by atomic mass is 127. The number of methoxy groups -OCH3 is 1. The van der Waals surface area contributed by atoms with Gasteiger partial charge in [-0.05, 0) is 51.3 Å². The largest absolute Gasteiger partial charge is 0.493 e. The highest BCUT2D eigenvalue weighted by Crippen LogP contribution is 2.28.